The maximum Gasteiger partial charge on any atom is 0.111 e. The highest BCUT2D eigenvalue weighted by Gasteiger charge is 2.24. The fraction of sp³-hybridized carbons (Fsp3) is 0.882. The molecule has 0 saturated carbocycles. The van der Waals surface area contributed by atoms with Crippen LogP contribution in [0.3, 0.4) is 0 Å². The van der Waals surface area contributed by atoms with Gasteiger partial charge in [-0.3, -0.25) is 4.90 Å². The van der Waals surface area contributed by atoms with Gasteiger partial charge in [-0.1, -0.05) is 0 Å². The van der Waals surface area contributed by atoms with E-state index in [4.69, 9.17) is 14.2 Å². The molecule has 4 nitrogen and oxygen atoms in total. The number of likely N-dealkylation sites (tertiary alicyclic amines) is 1. The first-order valence-electron chi connectivity index (χ1n) is 8.66. The van der Waals surface area contributed by atoms with E-state index < -0.39 is 0 Å². The molecule has 3 rings (SSSR count). The Morgan fingerprint density at radius 3 is 2.67 bits per heavy atom. The molecule has 0 aromatic rings. The van der Waals surface area contributed by atoms with E-state index in [0.717, 1.165) is 58.5 Å². The number of rotatable bonds is 5. The quantitative estimate of drug-likeness (QED) is 0.780. The van der Waals surface area contributed by atoms with Gasteiger partial charge in [-0.25, -0.2) is 0 Å². The minimum absolute atomic E-state index is 0.346. The van der Waals surface area contributed by atoms with Gasteiger partial charge in [0.05, 0.1) is 25.1 Å². The van der Waals surface area contributed by atoms with Crippen LogP contribution in [0, 0.1) is 0 Å². The summed E-state index contributed by atoms with van der Waals surface area (Å²) in [6.45, 7) is 5.06. The third kappa shape index (κ3) is 4.97. The van der Waals surface area contributed by atoms with Gasteiger partial charge in [0.2, 0.25) is 0 Å². The number of hydrogen-bond donors (Lipinski definition) is 0. The molecule has 0 N–H and O–H groups in total. The van der Waals surface area contributed by atoms with Crippen molar-refractivity contribution >= 4 is 0 Å². The number of nitrogens with zero attached hydrogens (tertiary/aromatic N) is 1. The molecule has 0 spiro atoms. The second-order valence-corrected chi connectivity index (χ2v) is 6.53. The fourth-order valence-corrected chi connectivity index (χ4v) is 3.45. The monoisotopic (exact) mass is 295 g/mol. The van der Waals surface area contributed by atoms with Crippen molar-refractivity contribution in [3.05, 3.63) is 12.3 Å². The zero-order valence-corrected chi connectivity index (χ0v) is 13.0. The third-order valence-corrected chi connectivity index (χ3v) is 4.81. The van der Waals surface area contributed by atoms with Crippen molar-refractivity contribution in [2.75, 3.05) is 32.8 Å². The zero-order chi connectivity index (χ0) is 14.3. The van der Waals surface area contributed by atoms with Crippen molar-refractivity contribution < 1.29 is 14.2 Å². The summed E-state index contributed by atoms with van der Waals surface area (Å²) < 4.78 is 17.5. The van der Waals surface area contributed by atoms with Crippen LogP contribution >= 0.6 is 0 Å². The normalized spacial score (nSPS) is 32.0. The second kappa shape index (κ2) is 8.16. The first-order valence-corrected chi connectivity index (χ1v) is 8.66. The Morgan fingerprint density at radius 1 is 1.05 bits per heavy atom. The number of piperidine rings is 1. The van der Waals surface area contributed by atoms with E-state index in [1.54, 1.807) is 0 Å². The summed E-state index contributed by atoms with van der Waals surface area (Å²) in [5.74, 6) is 0. The fourth-order valence-electron chi connectivity index (χ4n) is 3.45. The Morgan fingerprint density at radius 2 is 1.95 bits per heavy atom. The van der Waals surface area contributed by atoms with Gasteiger partial charge in [-0.15, -0.1) is 0 Å². The van der Waals surface area contributed by atoms with Gasteiger partial charge >= 0.3 is 0 Å². The zero-order valence-electron chi connectivity index (χ0n) is 13.0. The molecule has 0 radical (unpaired) electrons. The van der Waals surface area contributed by atoms with E-state index in [1.807, 2.05) is 6.26 Å². The summed E-state index contributed by atoms with van der Waals surface area (Å²) in [7, 11) is 0. The second-order valence-electron chi connectivity index (χ2n) is 6.53. The summed E-state index contributed by atoms with van der Waals surface area (Å²) >= 11 is 0. The summed E-state index contributed by atoms with van der Waals surface area (Å²) in [6.07, 6.45) is 13.4. The topological polar surface area (TPSA) is 30.9 Å². The van der Waals surface area contributed by atoms with Crippen molar-refractivity contribution in [3.8, 4) is 0 Å². The number of allylic oxidation sites excluding steroid dienone is 1. The van der Waals surface area contributed by atoms with Crippen LogP contribution in [0.4, 0.5) is 0 Å². The van der Waals surface area contributed by atoms with Crippen LogP contribution in [0.2, 0.25) is 0 Å². The molecule has 0 aromatic heterocycles. The van der Waals surface area contributed by atoms with E-state index >= 15 is 0 Å². The van der Waals surface area contributed by atoms with Gasteiger partial charge < -0.3 is 14.2 Å². The molecule has 2 fully saturated rings. The van der Waals surface area contributed by atoms with Gasteiger partial charge in [0.25, 0.3) is 0 Å². The lowest BCUT2D eigenvalue weighted by Gasteiger charge is -2.35. The summed E-state index contributed by atoms with van der Waals surface area (Å²) in [6, 6.07) is 0. The lowest BCUT2D eigenvalue weighted by Crippen LogP contribution is -2.42. The summed E-state index contributed by atoms with van der Waals surface area (Å²) in [5.41, 5.74) is 0. The first-order chi connectivity index (χ1) is 10.4. The predicted octanol–water partition coefficient (Wildman–Crippen LogP) is 2.73. The Hall–Kier alpha value is -0.580. The maximum absolute atomic E-state index is 6.07. The van der Waals surface area contributed by atoms with Crippen molar-refractivity contribution in [1.82, 2.24) is 4.90 Å². The molecule has 0 aromatic carbocycles. The standard InChI is InChI=1S/C17H29NO3/c1-3-11-19-16(5-1)13-18-9-7-15(8-10-18)21-14-17-6-2-4-12-20-17/h3,11,15-17H,1-2,4-10,12-14H2/t16-,17-/m1/s1. The van der Waals surface area contributed by atoms with Gasteiger partial charge in [-0.2, -0.15) is 0 Å². The molecule has 120 valence electrons. The van der Waals surface area contributed by atoms with Crippen LogP contribution in [0.1, 0.15) is 44.9 Å². The largest absolute Gasteiger partial charge is 0.497 e. The Labute approximate surface area is 128 Å². The van der Waals surface area contributed by atoms with Crippen molar-refractivity contribution in [3.63, 3.8) is 0 Å². The van der Waals surface area contributed by atoms with Crippen LogP contribution in [-0.4, -0.2) is 56.1 Å². The Balaban J connectivity index is 1.30. The number of ether oxygens (including phenoxy) is 3. The summed E-state index contributed by atoms with van der Waals surface area (Å²) in [5, 5.41) is 0. The number of hydrogen-bond acceptors (Lipinski definition) is 4. The molecular weight excluding hydrogens is 266 g/mol. The van der Waals surface area contributed by atoms with E-state index in [1.165, 1.54) is 19.3 Å². The third-order valence-electron chi connectivity index (χ3n) is 4.81. The first kappa shape index (κ1) is 15.3. The molecular formula is C17H29NO3. The molecule has 2 saturated heterocycles. The highest BCUT2D eigenvalue weighted by molar-refractivity contribution is 4.84. The maximum atomic E-state index is 6.07. The Bertz CT molecular complexity index is 320. The molecule has 0 aliphatic carbocycles. The van der Waals surface area contributed by atoms with Crippen molar-refractivity contribution in [2.24, 2.45) is 0 Å². The highest BCUT2D eigenvalue weighted by atomic mass is 16.5. The molecule has 0 amide bonds. The molecule has 0 bridgehead atoms. The Kier molecular flexibility index (Phi) is 5.95. The molecule has 3 heterocycles. The van der Waals surface area contributed by atoms with Crippen LogP contribution in [-0.2, 0) is 14.2 Å². The SMILES string of the molecule is C1=CO[C@@H](CN2CCC(OC[C@H]3CCCCO3)CC2)CC1. The van der Waals surface area contributed by atoms with Gasteiger partial charge in [0.1, 0.15) is 6.10 Å². The van der Waals surface area contributed by atoms with Crippen LogP contribution in [0.15, 0.2) is 12.3 Å². The molecule has 4 heteroatoms. The van der Waals surface area contributed by atoms with Gasteiger partial charge in [0, 0.05) is 26.2 Å². The van der Waals surface area contributed by atoms with Crippen molar-refractivity contribution in [1.29, 1.82) is 0 Å². The van der Waals surface area contributed by atoms with Crippen molar-refractivity contribution in [2.45, 2.75) is 63.3 Å². The smallest absolute Gasteiger partial charge is 0.111 e. The lowest BCUT2D eigenvalue weighted by molar-refractivity contribution is -0.0767. The molecule has 21 heavy (non-hydrogen) atoms. The highest BCUT2D eigenvalue weighted by Crippen LogP contribution is 2.19. The molecule has 0 unspecified atom stereocenters. The lowest BCUT2D eigenvalue weighted by atomic mass is 10.1. The molecule has 3 aliphatic rings. The van der Waals surface area contributed by atoms with E-state index in [-0.39, 0.29) is 0 Å². The van der Waals surface area contributed by atoms with E-state index in [9.17, 15) is 0 Å². The van der Waals surface area contributed by atoms with Gasteiger partial charge in [-0.05, 0) is 51.0 Å². The van der Waals surface area contributed by atoms with Gasteiger partial charge in [0.15, 0.2) is 0 Å². The van der Waals surface area contributed by atoms with Crippen LogP contribution in [0.25, 0.3) is 0 Å². The molecule has 3 aliphatic heterocycles. The minimum Gasteiger partial charge on any atom is -0.497 e. The average molecular weight is 295 g/mol. The van der Waals surface area contributed by atoms with Crippen LogP contribution < -0.4 is 0 Å². The van der Waals surface area contributed by atoms with E-state index in [0.29, 0.717) is 18.3 Å². The van der Waals surface area contributed by atoms with Crippen LogP contribution in [0.5, 0.6) is 0 Å². The molecule has 2 atom stereocenters. The minimum atomic E-state index is 0.346. The average Bonchev–Trinajstić information content (AvgIpc) is 2.56. The predicted molar refractivity (Wildman–Crippen MR) is 82.3 cm³/mol. The summed E-state index contributed by atoms with van der Waals surface area (Å²) in [4.78, 5) is 2.53. The van der Waals surface area contributed by atoms with E-state index in [2.05, 4.69) is 11.0 Å².